The van der Waals surface area contributed by atoms with Gasteiger partial charge in [-0.25, -0.2) is 12.8 Å². The molecule has 2 rings (SSSR count). The van der Waals surface area contributed by atoms with E-state index < -0.39 is 10.0 Å². The molecule has 6 nitrogen and oxygen atoms in total. The van der Waals surface area contributed by atoms with E-state index in [1.54, 1.807) is 24.3 Å². The third kappa shape index (κ3) is 5.73. The second kappa shape index (κ2) is 8.66. The van der Waals surface area contributed by atoms with Gasteiger partial charge in [-0.1, -0.05) is 12.1 Å². The number of halogens is 1. The molecule has 0 heterocycles. The molecule has 2 aromatic carbocycles. The number of methoxy groups -OCH3 is 1. The number of carbonyl (C=O) groups excluding carboxylic acids is 1. The van der Waals surface area contributed by atoms with Gasteiger partial charge < -0.3 is 10.1 Å². The summed E-state index contributed by atoms with van der Waals surface area (Å²) in [7, 11) is -2.01. The fourth-order valence-corrected chi connectivity index (χ4v) is 2.87. The van der Waals surface area contributed by atoms with E-state index in [9.17, 15) is 17.6 Å². The monoisotopic (exact) mass is 380 g/mol. The zero-order valence-electron chi connectivity index (χ0n) is 14.6. The van der Waals surface area contributed by atoms with Crippen molar-refractivity contribution in [1.82, 2.24) is 0 Å². The third-order valence-corrected chi connectivity index (χ3v) is 4.98. The van der Waals surface area contributed by atoms with Crippen molar-refractivity contribution in [2.45, 2.75) is 19.8 Å². The molecule has 1 amide bonds. The molecule has 8 heteroatoms. The lowest BCUT2D eigenvalue weighted by atomic mass is 10.1. The number of benzene rings is 2. The quantitative estimate of drug-likeness (QED) is 0.737. The van der Waals surface area contributed by atoms with Crippen LogP contribution in [0.2, 0.25) is 0 Å². The van der Waals surface area contributed by atoms with Crippen molar-refractivity contribution in [3.05, 3.63) is 53.8 Å². The fraction of sp³-hybridized carbons (Fsp3) is 0.278. The van der Waals surface area contributed by atoms with Gasteiger partial charge in [0.25, 0.3) is 0 Å². The highest BCUT2D eigenvalue weighted by molar-refractivity contribution is 7.92. The van der Waals surface area contributed by atoms with E-state index in [1.165, 1.54) is 32.2 Å². The van der Waals surface area contributed by atoms with Crippen LogP contribution < -0.4 is 14.8 Å². The van der Waals surface area contributed by atoms with Crippen LogP contribution in [-0.2, 0) is 21.2 Å². The Morgan fingerprint density at radius 1 is 1.15 bits per heavy atom. The predicted molar refractivity (Wildman–Crippen MR) is 99.4 cm³/mol. The van der Waals surface area contributed by atoms with Gasteiger partial charge >= 0.3 is 0 Å². The molecule has 0 bridgehead atoms. The van der Waals surface area contributed by atoms with Crippen LogP contribution in [0.3, 0.4) is 0 Å². The Labute approximate surface area is 152 Å². The number of ether oxygens (including phenoxy) is 1. The Morgan fingerprint density at radius 3 is 2.46 bits per heavy atom. The standard InChI is InChI=1S/C18H21FN2O4S/c1-3-26(23,24)21-16-10-9-15(12-17(16)25-2)20-18(22)11-6-13-4-7-14(19)8-5-13/h4-5,7-10,12,21H,3,6,11H2,1-2H3,(H,20,22). The summed E-state index contributed by atoms with van der Waals surface area (Å²) in [5, 5.41) is 2.73. The molecule has 0 aromatic heterocycles. The number of hydrogen-bond acceptors (Lipinski definition) is 4. The van der Waals surface area contributed by atoms with E-state index in [-0.39, 0.29) is 23.9 Å². The Hall–Kier alpha value is -2.61. The number of rotatable bonds is 8. The first-order valence-corrected chi connectivity index (χ1v) is 9.71. The molecule has 0 aliphatic rings. The third-order valence-electron chi connectivity index (χ3n) is 3.68. The van der Waals surface area contributed by atoms with Crippen molar-refractivity contribution in [2.75, 3.05) is 22.9 Å². The van der Waals surface area contributed by atoms with Gasteiger partial charge in [0.2, 0.25) is 15.9 Å². The number of amides is 1. The van der Waals surface area contributed by atoms with Crippen LogP contribution in [0.5, 0.6) is 5.75 Å². The molecule has 0 aliphatic heterocycles. The SMILES string of the molecule is CCS(=O)(=O)Nc1ccc(NC(=O)CCc2ccc(F)cc2)cc1OC. The lowest BCUT2D eigenvalue weighted by Gasteiger charge is -2.13. The average molecular weight is 380 g/mol. The molecule has 140 valence electrons. The van der Waals surface area contributed by atoms with Crippen LogP contribution in [-0.4, -0.2) is 27.2 Å². The van der Waals surface area contributed by atoms with Gasteiger partial charge in [0.1, 0.15) is 11.6 Å². The van der Waals surface area contributed by atoms with Gasteiger partial charge in [0.05, 0.1) is 18.6 Å². The van der Waals surface area contributed by atoms with Crippen LogP contribution in [0.4, 0.5) is 15.8 Å². The average Bonchev–Trinajstić information content (AvgIpc) is 2.62. The van der Waals surface area contributed by atoms with E-state index in [4.69, 9.17) is 4.74 Å². The first-order valence-electron chi connectivity index (χ1n) is 8.06. The summed E-state index contributed by atoms with van der Waals surface area (Å²) in [5.41, 5.74) is 1.66. The number of sulfonamides is 1. The molecule has 0 spiro atoms. The number of nitrogens with one attached hydrogen (secondary N) is 2. The number of aryl methyl sites for hydroxylation is 1. The van der Waals surface area contributed by atoms with Crippen molar-refractivity contribution in [3.63, 3.8) is 0 Å². The second-order valence-electron chi connectivity index (χ2n) is 5.60. The van der Waals surface area contributed by atoms with E-state index in [1.807, 2.05) is 0 Å². The van der Waals surface area contributed by atoms with Gasteiger partial charge in [-0.2, -0.15) is 0 Å². The van der Waals surface area contributed by atoms with E-state index in [0.29, 0.717) is 23.5 Å². The van der Waals surface area contributed by atoms with Gasteiger partial charge in [0, 0.05) is 18.2 Å². The minimum absolute atomic E-state index is 0.0575. The fourth-order valence-electron chi connectivity index (χ4n) is 2.23. The Kier molecular flexibility index (Phi) is 6.57. The molecule has 2 N–H and O–H groups in total. The summed E-state index contributed by atoms with van der Waals surface area (Å²) in [6, 6.07) is 10.7. The van der Waals surface area contributed by atoms with Gasteiger partial charge in [0.15, 0.2) is 0 Å². The first-order chi connectivity index (χ1) is 12.3. The van der Waals surface area contributed by atoms with Gasteiger partial charge in [-0.05, 0) is 43.2 Å². The molecular formula is C18H21FN2O4S. The van der Waals surface area contributed by atoms with Gasteiger partial charge in [-0.3, -0.25) is 9.52 Å². The zero-order valence-corrected chi connectivity index (χ0v) is 15.4. The van der Waals surface area contributed by atoms with E-state index >= 15 is 0 Å². The maximum Gasteiger partial charge on any atom is 0.232 e. The first kappa shape index (κ1) is 19.7. The Bertz CT molecular complexity index is 867. The molecular weight excluding hydrogens is 359 g/mol. The van der Waals surface area contributed by atoms with Crippen molar-refractivity contribution in [1.29, 1.82) is 0 Å². The number of anilines is 2. The normalized spacial score (nSPS) is 11.0. The maximum absolute atomic E-state index is 12.9. The molecule has 0 unspecified atom stereocenters. The van der Waals surface area contributed by atoms with Crippen LogP contribution in [0, 0.1) is 5.82 Å². The van der Waals surface area contributed by atoms with E-state index in [0.717, 1.165) is 5.56 Å². The van der Waals surface area contributed by atoms with Crippen molar-refractivity contribution < 1.29 is 22.3 Å². The highest BCUT2D eigenvalue weighted by Gasteiger charge is 2.12. The molecule has 2 aromatic rings. The molecule has 26 heavy (non-hydrogen) atoms. The minimum atomic E-state index is -3.43. The number of hydrogen-bond donors (Lipinski definition) is 2. The largest absolute Gasteiger partial charge is 0.494 e. The topological polar surface area (TPSA) is 84.5 Å². The molecule has 0 saturated heterocycles. The van der Waals surface area contributed by atoms with Crippen molar-refractivity contribution >= 4 is 27.3 Å². The number of carbonyl (C=O) groups is 1. The lowest BCUT2D eigenvalue weighted by molar-refractivity contribution is -0.116. The smallest absolute Gasteiger partial charge is 0.232 e. The van der Waals surface area contributed by atoms with Crippen LogP contribution >= 0.6 is 0 Å². The summed E-state index contributed by atoms with van der Waals surface area (Å²) in [4.78, 5) is 12.1. The summed E-state index contributed by atoms with van der Waals surface area (Å²) in [6.45, 7) is 1.53. The Morgan fingerprint density at radius 2 is 1.85 bits per heavy atom. The summed E-state index contributed by atoms with van der Waals surface area (Å²) >= 11 is 0. The molecule has 0 atom stereocenters. The van der Waals surface area contributed by atoms with Crippen LogP contribution in [0.15, 0.2) is 42.5 Å². The molecule has 0 saturated carbocycles. The predicted octanol–water partition coefficient (Wildman–Crippen LogP) is 3.17. The zero-order chi connectivity index (χ0) is 19.2. The van der Waals surface area contributed by atoms with Crippen LogP contribution in [0.25, 0.3) is 0 Å². The molecule has 0 aliphatic carbocycles. The highest BCUT2D eigenvalue weighted by atomic mass is 32.2. The second-order valence-corrected chi connectivity index (χ2v) is 7.61. The highest BCUT2D eigenvalue weighted by Crippen LogP contribution is 2.29. The Balaban J connectivity index is 2.00. The van der Waals surface area contributed by atoms with Gasteiger partial charge in [-0.15, -0.1) is 0 Å². The summed E-state index contributed by atoms with van der Waals surface area (Å²) in [5.74, 6) is -0.279. The maximum atomic E-state index is 12.9. The molecule has 0 fully saturated rings. The summed E-state index contributed by atoms with van der Waals surface area (Å²) in [6.07, 6.45) is 0.718. The van der Waals surface area contributed by atoms with Crippen molar-refractivity contribution in [3.8, 4) is 5.75 Å². The minimum Gasteiger partial charge on any atom is -0.494 e. The lowest BCUT2D eigenvalue weighted by Crippen LogP contribution is -2.16. The van der Waals surface area contributed by atoms with Crippen LogP contribution in [0.1, 0.15) is 18.9 Å². The van der Waals surface area contributed by atoms with E-state index in [2.05, 4.69) is 10.0 Å². The summed E-state index contributed by atoms with van der Waals surface area (Å²) < 4.78 is 43.8. The molecule has 0 radical (unpaired) electrons. The van der Waals surface area contributed by atoms with Crippen molar-refractivity contribution in [2.24, 2.45) is 0 Å².